The van der Waals surface area contributed by atoms with Crippen molar-refractivity contribution < 1.29 is 28.4 Å². The molecule has 0 aromatic carbocycles. The topological polar surface area (TPSA) is 55.4 Å². The summed E-state index contributed by atoms with van der Waals surface area (Å²) in [5, 5.41) is 0. The summed E-state index contributed by atoms with van der Waals surface area (Å²) in [7, 11) is 10.4. The molecule has 0 atom stereocenters. The first-order chi connectivity index (χ1) is 7.86. The van der Waals surface area contributed by atoms with Gasteiger partial charge in [-0.05, 0) is 0 Å². The predicted molar refractivity (Wildman–Crippen MR) is 70.1 cm³/mol. The van der Waals surface area contributed by atoms with E-state index in [4.69, 9.17) is 28.4 Å². The summed E-state index contributed by atoms with van der Waals surface area (Å²) in [5.74, 6) is -2.49. The van der Waals surface area contributed by atoms with E-state index < -0.39 is 16.6 Å². The number of rotatable bonds is 8. The Hall–Kier alpha value is 0.194. The van der Waals surface area contributed by atoms with E-state index in [2.05, 4.69) is 0 Å². The van der Waals surface area contributed by atoms with Crippen LogP contribution in [0.3, 0.4) is 0 Å². The summed E-state index contributed by atoms with van der Waals surface area (Å²) in [6, 6.07) is 0. The van der Waals surface area contributed by atoms with Gasteiger partial charge in [-0.15, -0.1) is 0 Å². The molecule has 0 aliphatic heterocycles. The first-order valence-electron chi connectivity index (χ1n) is 5.17. The number of methoxy groups -OCH3 is 6. The van der Waals surface area contributed by atoms with Crippen molar-refractivity contribution in [3.8, 4) is 0 Å². The molecule has 0 radical (unpaired) electrons. The highest BCUT2D eigenvalue weighted by molar-refractivity contribution is 6.41. The maximum absolute atomic E-state index is 5.40. The average Bonchev–Trinajstić information content (AvgIpc) is 2.34. The van der Waals surface area contributed by atoms with Crippen LogP contribution in [-0.2, 0) is 28.4 Å². The van der Waals surface area contributed by atoms with Gasteiger partial charge in [-0.3, -0.25) is 0 Å². The Kier molecular flexibility index (Phi) is 6.46. The highest BCUT2D eigenvalue weighted by Gasteiger charge is 2.62. The molecule has 104 valence electrons. The van der Waals surface area contributed by atoms with Crippen LogP contribution in [-0.4, -0.2) is 75.1 Å². The third kappa shape index (κ3) is 2.49. The Morgan fingerprint density at radius 2 is 0.706 bits per heavy atom. The van der Waals surface area contributed by atoms with Crippen molar-refractivity contribution in [2.75, 3.05) is 42.7 Å². The zero-order chi connectivity index (χ0) is 13.7. The Bertz CT molecular complexity index is 189. The number of hydrogen-bond donors (Lipinski definition) is 0. The van der Waals surface area contributed by atoms with Gasteiger partial charge >= 0.3 is 0 Å². The quantitative estimate of drug-likeness (QED) is 0.380. The lowest BCUT2D eigenvalue weighted by atomic mass is 10.2. The average molecular weight is 284 g/mol. The lowest BCUT2D eigenvalue weighted by Gasteiger charge is -2.50. The molecule has 0 aliphatic carbocycles. The minimum absolute atomic E-state index is 0.628. The van der Waals surface area contributed by atoms with Crippen LogP contribution < -0.4 is 0 Å². The van der Waals surface area contributed by atoms with Crippen molar-refractivity contribution in [2.24, 2.45) is 0 Å². The number of hydrogen-bond acceptors (Lipinski definition) is 6. The molecule has 17 heavy (non-hydrogen) atoms. The van der Waals surface area contributed by atoms with Crippen LogP contribution in [0.2, 0.25) is 4.66 Å². The molecule has 0 N–H and O–H groups in total. The fourth-order valence-electron chi connectivity index (χ4n) is 2.22. The molecular weight excluding hydrogens is 260 g/mol. The van der Waals surface area contributed by atoms with Gasteiger partial charge < -0.3 is 28.4 Å². The minimum atomic E-state index is -1.24. The standard InChI is InChI=1S/C9H24O6Si2/c1-10-8(11-2,12-3)7(16,17)9(13-4,14-5)15-6/h1-6,16-17H3. The van der Waals surface area contributed by atoms with Crippen LogP contribution in [0.15, 0.2) is 0 Å². The molecule has 0 heterocycles. The Morgan fingerprint density at radius 3 is 0.824 bits per heavy atom. The second-order valence-electron chi connectivity index (χ2n) is 3.96. The first-order valence-corrected chi connectivity index (χ1v) is 7.17. The lowest BCUT2D eigenvalue weighted by molar-refractivity contribution is -0.443. The van der Waals surface area contributed by atoms with Crippen LogP contribution in [0.4, 0.5) is 0 Å². The van der Waals surface area contributed by atoms with Gasteiger partial charge in [0.2, 0.25) is 0 Å². The largest absolute Gasteiger partial charge is 0.331 e. The van der Waals surface area contributed by atoms with E-state index in [-0.39, 0.29) is 0 Å². The normalized spacial score (nSPS) is 14.5. The Balaban J connectivity index is 5.60. The van der Waals surface area contributed by atoms with E-state index in [1.54, 1.807) is 0 Å². The van der Waals surface area contributed by atoms with E-state index in [1.165, 1.54) is 42.7 Å². The monoisotopic (exact) mass is 284 g/mol. The maximum Gasteiger partial charge on any atom is 0.288 e. The van der Waals surface area contributed by atoms with E-state index >= 15 is 0 Å². The van der Waals surface area contributed by atoms with Crippen LogP contribution in [0, 0.1) is 0 Å². The molecule has 0 rings (SSSR count). The molecule has 0 aromatic heterocycles. The number of ether oxygens (including phenoxy) is 6. The van der Waals surface area contributed by atoms with Crippen molar-refractivity contribution in [1.29, 1.82) is 0 Å². The molecule has 0 fully saturated rings. The highest BCUT2D eigenvalue weighted by atomic mass is 28.2. The molecule has 8 heteroatoms. The molecule has 0 saturated heterocycles. The molecule has 0 saturated carbocycles. The van der Waals surface area contributed by atoms with Gasteiger partial charge in [0, 0.05) is 63.1 Å². The summed E-state index contributed by atoms with van der Waals surface area (Å²) in [5.41, 5.74) is 0. The van der Waals surface area contributed by atoms with E-state index in [0.717, 1.165) is 0 Å². The van der Waals surface area contributed by atoms with Gasteiger partial charge in [0.25, 0.3) is 11.9 Å². The van der Waals surface area contributed by atoms with Gasteiger partial charge in [0.05, 0.1) is 4.66 Å². The highest BCUT2D eigenvalue weighted by Crippen LogP contribution is 2.48. The fraction of sp³-hybridized carbons (Fsp3) is 1.00. The molecule has 0 aliphatic rings. The van der Waals surface area contributed by atoms with Crippen molar-refractivity contribution in [1.82, 2.24) is 0 Å². The summed E-state index contributed by atoms with van der Waals surface area (Å²) in [4.78, 5) is 0. The third-order valence-electron chi connectivity index (χ3n) is 3.14. The maximum atomic E-state index is 5.40. The van der Waals surface area contributed by atoms with E-state index in [1.807, 2.05) is 0 Å². The first kappa shape index (κ1) is 17.2. The summed E-state index contributed by atoms with van der Waals surface area (Å²) in [6.07, 6.45) is 0. The van der Waals surface area contributed by atoms with Crippen molar-refractivity contribution in [3.05, 3.63) is 0 Å². The lowest BCUT2D eigenvalue weighted by Crippen LogP contribution is -2.63. The Labute approximate surface area is 109 Å². The minimum Gasteiger partial charge on any atom is -0.331 e. The molecule has 0 spiro atoms. The Morgan fingerprint density at radius 1 is 0.529 bits per heavy atom. The van der Waals surface area contributed by atoms with Crippen molar-refractivity contribution in [2.45, 2.75) is 16.6 Å². The summed E-state index contributed by atoms with van der Waals surface area (Å²) >= 11 is 0. The van der Waals surface area contributed by atoms with Crippen molar-refractivity contribution in [3.63, 3.8) is 0 Å². The van der Waals surface area contributed by atoms with E-state index in [0.29, 0.717) is 20.5 Å². The molecule has 0 unspecified atom stereocenters. The SMILES string of the molecule is COC(OC)(OC)C([SiH3])([SiH3])C(OC)(OC)OC. The van der Waals surface area contributed by atoms with Gasteiger partial charge in [-0.2, -0.15) is 0 Å². The van der Waals surface area contributed by atoms with Crippen LogP contribution in [0.25, 0.3) is 0 Å². The predicted octanol–water partition coefficient (Wildman–Crippen LogP) is -1.98. The zero-order valence-electron chi connectivity index (χ0n) is 11.9. The van der Waals surface area contributed by atoms with Crippen LogP contribution >= 0.6 is 0 Å². The second kappa shape index (κ2) is 6.39. The molecule has 6 nitrogen and oxygen atoms in total. The summed E-state index contributed by atoms with van der Waals surface area (Å²) in [6.45, 7) is 0. The van der Waals surface area contributed by atoms with Gasteiger partial charge in [0.15, 0.2) is 0 Å². The molecule has 0 bridgehead atoms. The molecule has 0 aromatic rings. The molecular formula is C9H24O6Si2. The smallest absolute Gasteiger partial charge is 0.288 e. The van der Waals surface area contributed by atoms with Crippen LogP contribution in [0.5, 0.6) is 0 Å². The van der Waals surface area contributed by atoms with Gasteiger partial charge in [0.1, 0.15) is 0 Å². The molecule has 0 amide bonds. The zero-order valence-corrected chi connectivity index (χ0v) is 15.9. The van der Waals surface area contributed by atoms with Crippen molar-refractivity contribution >= 4 is 20.5 Å². The van der Waals surface area contributed by atoms with Gasteiger partial charge in [-0.1, -0.05) is 0 Å². The second-order valence-corrected chi connectivity index (χ2v) is 9.96. The third-order valence-corrected chi connectivity index (χ3v) is 5.59. The van der Waals surface area contributed by atoms with E-state index in [9.17, 15) is 0 Å². The van der Waals surface area contributed by atoms with Crippen LogP contribution in [0.1, 0.15) is 0 Å². The fourth-order valence-corrected chi connectivity index (χ4v) is 4.67. The van der Waals surface area contributed by atoms with Gasteiger partial charge in [-0.25, -0.2) is 0 Å². The summed E-state index contributed by atoms with van der Waals surface area (Å²) < 4.78 is 31.8.